The van der Waals surface area contributed by atoms with Gasteiger partial charge in [0.2, 0.25) is 15.9 Å². The third-order valence-electron chi connectivity index (χ3n) is 3.41. The molecule has 0 saturated heterocycles. The molecule has 0 heterocycles. The van der Waals surface area contributed by atoms with Crippen molar-refractivity contribution in [2.24, 2.45) is 11.1 Å². The van der Waals surface area contributed by atoms with Gasteiger partial charge in [-0.15, -0.1) is 0 Å². The summed E-state index contributed by atoms with van der Waals surface area (Å²) < 4.78 is 28.1. The molecule has 7 heteroatoms. The average molecular weight is 314 g/mol. The minimum absolute atomic E-state index is 0.0713. The number of amides is 1. The molecule has 1 aromatic rings. The summed E-state index contributed by atoms with van der Waals surface area (Å²) in [7, 11) is -2.52. The molecule has 2 atom stereocenters. The lowest BCUT2D eigenvalue weighted by molar-refractivity contribution is -0.125. The van der Waals surface area contributed by atoms with Crippen molar-refractivity contribution in [1.82, 2.24) is 5.32 Å². The zero-order valence-corrected chi connectivity index (χ0v) is 13.5. The first kappa shape index (κ1) is 17.5. The Morgan fingerprint density at radius 2 is 2.00 bits per heavy atom. The molecule has 1 aromatic carbocycles. The van der Waals surface area contributed by atoms with Gasteiger partial charge in [0.25, 0.3) is 0 Å². The fourth-order valence-electron chi connectivity index (χ4n) is 1.81. The zero-order chi connectivity index (χ0) is 16.2. The molecule has 6 nitrogen and oxygen atoms in total. The predicted molar refractivity (Wildman–Crippen MR) is 80.4 cm³/mol. The van der Waals surface area contributed by atoms with Crippen LogP contribution in [0.5, 0.6) is 5.75 Å². The number of hydrogen-bond donors (Lipinski definition) is 2. The van der Waals surface area contributed by atoms with Crippen LogP contribution in [0.4, 0.5) is 0 Å². The van der Waals surface area contributed by atoms with Crippen LogP contribution in [0.25, 0.3) is 0 Å². The second kappa shape index (κ2) is 6.91. The topological polar surface area (TPSA) is 98.5 Å². The summed E-state index contributed by atoms with van der Waals surface area (Å²) in [6.45, 7) is 5.56. The Morgan fingerprint density at radius 3 is 2.48 bits per heavy atom. The molecule has 0 spiro atoms. The number of benzene rings is 1. The number of methoxy groups -OCH3 is 1. The number of primary sulfonamides is 1. The third kappa shape index (κ3) is 4.44. The van der Waals surface area contributed by atoms with E-state index in [9.17, 15) is 13.2 Å². The number of nitrogens with two attached hydrogens (primary N) is 1. The van der Waals surface area contributed by atoms with E-state index in [2.05, 4.69) is 5.32 Å². The first-order valence-corrected chi connectivity index (χ1v) is 8.26. The number of ether oxygens (including phenoxy) is 1. The quantitative estimate of drug-likeness (QED) is 0.832. The van der Waals surface area contributed by atoms with Crippen LogP contribution in [0, 0.1) is 5.92 Å². The van der Waals surface area contributed by atoms with E-state index in [1.54, 1.807) is 13.0 Å². The highest BCUT2D eigenvalue weighted by molar-refractivity contribution is 7.89. The zero-order valence-electron chi connectivity index (χ0n) is 12.7. The number of carbonyl (C=O) groups excluding carboxylic acids is 1. The van der Waals surface area contributed by atoms with Crippen molar-refractivity contribution in [3.8, 4) is 5.75 Å². The molecule has 1 amide bonds. The molecule has 21 heavy (non-hydrogen) atoms. The fraction of sp³-hybridized carbons (Fsp3) is 0.500. The maximum atomic E-state index is 11.9. The van der Waals surface area contributed by atoms with Crippen molar-refractivity contribution >= 4 is 15.9 Å². The molecule has 0 saturated carbocycles. The number of carbonyl (C=O) groups is 1. The lowest BCUT2D eigenvalue weighted by Crippen LogP contribution is -2.31. The predicted octanol–water partition coefficient (Wildman–Crippen LogP) is 1.57. The number of rotatable bonds is 6. The standard InChI is InChI=1S/C14H22N2O4S/c1-5-9(2)14(17)16-10(3)11-6-7-12(20-4)13(8-11)21(15,18)19/h6-10H,5H2,1-4H3,(H,16,17)(H2,15,18,19). The number of sulfonamides is 1. The van der Waals surface area contributed by atoms with Crippen molar-refractivity contribution in [1.29, 1.82) is 0 Å². The highest BCUT2D eigenvalue weighted by Gasteiger charge is 2.19. The van der Waals surface area contributed by atoms with Crippen LogP contribution < -0.4 is 15.2 Å². The molecule has 3 N–H and O–H groups in total. The van der Waals surface area contributed by atoms with E-state index >= 15 is 0 Å². The van der Waals surface area contributed by atoms with Gasteiger partial charge in [0.05, 0.1) is 13.2 Å². The van der Waals surface area contributed by atoms with E-state index < -0.39 is 10.0 Å². The molecule has 1 rings (SSSR count). The van der Waals surface area contributed by atoms with Gasteiger partial charge in [-0.05, 0) is 31.0 Å². The van der Waals surface area contributed by atoms with E-state index in [1.807, 2.05) is 13.8 Å². The van der Waals surface area contributed by atoms with Gasteiger partial charge in [-0.25, -0.2) is 13.6 Å². The van der Waals surface area contributed by atoms with E-state index in [0.29, 0.717) is 5.56 Å². The van der Waals surface area contributed by atoms with Crippen LogP contribution in [0.15, 0.2) is 23.1 Å². The van der Waals surface area contributed by atoms with Crippen LogP contribution in [0.2, 0.25) is 0 Å². The molecule has 0 aliphatic carbocycles. The normalized spacial score (nSPS) is 14.3. The van der Waals surface area contributed by atoms with Crippen molar-refractivity contribution in [2.45, 2.75) is 38.1 Å². The van der Waals surface area contributed by atoms with Crippen molar-refractivity contribution in [3.63, 3.8) is 0 Å². The van der Waals surface area contributed by atoms with Crippen molar-refractivity contribution < 1.29 is 17.9 Å². The highest BCUT2D eigenvalue weighted by atomic mass is 32.2. The minimum Gasteiger partial charge on any atom is -0.495 e. The van der Waals surface area contributed by atoms with E-state index in [-0.39, 0.29) is 28.5 Å². The van der Waals surface area contributed by atoms with Crippen LogP contribution >= 0.6 is 0 Å². The monoisotopic (exact) mass is 314 g/mol. The Labute approximate surface area is 125 Å². The molecular formula is C14H22N2O4S. The number of nitrogens with one attached hydrogen (secondary N) is 1. The van der Waals surface area contributed by atoms with E-state index in [1.165, 1.54) is 19.2 Å². The Hall–Kier alpha value is -1.60. The Kier molecular flexibility index (Phi) is 5.74. The summed E-state index contributed by atoms with van der Waals surface area (Å²) in [5.74, 6) is 0.0167. The van der Waals surface area contributed by atoms with Crippen molar-refractivity contribution in [2.75, 3.05) is 7.11 Å². The van der Waals surface area contributed by atoms with Crippen LogP contribution in [0.3, 0.4) is 0 Å². The molecular weight excluding hydrogens is 292 g/mol. The molecule has 2 unspecified atom stereocenters. The lowest BCUT2D eigenvalue weighted by atomic mass is 10.1. The van der Waals surface area contributed by atoms with E-state index in [4.69, 9.17) is 9.88 Å². The Bertz CT molecular complexity index is 613. The average Bonchev–Trinajstić information content (AvgIpc) is 2.44. The maximum Gasteiger partial charge on any atom is 0.241 e. The van der Waals surface area contributed by atoms with Crippen LogP contribution in [-0.2, 0) is 14.8 Å². The molecule has 0 fully saturated rings. The molecule has 0 bridgehead atoms. The van der Waals surface area contributed by atoms with Gasteiger partial charge in [0, 0.05) is 5.92 Å². The van der Waals surface area contributed by atoms with Gasteiger partial charge < -0.3 is 10.1 Å². The molecule has 0 radical (unpaired) electrons. The summed E-state index contributed by atoms with van der Waals surface area (Å²) >= 11 is 0. The molecule has 0 aliphatic rings. The smallest absolute Gasteiger partial charge is 0.241 e. The Morgan fingerprint density at radius 1 is 1.38 bits per heavy atom. The highest BCUT2D eigenvalue weighted by Crippen LogP contribution is 2.26. The fourth-order valence-corrected chi connectivity index (χ4v) is 2.54. The van der Waals surface area contributed by atoms with Crippen LogP contribution in [-0.4, -0.2) is 21.4 Å². The third-order valence-corrected chi connectivity index (χ3v) is 4.35. The SMILES string of the molecule is CCC(C)C(=O)NC(C)c1ccc(OC)c(S(N)(=O)=O)c1. The summed E-state index contributed by atoms with van der Waals surface area (Å²) in [4.78, 5) is 11.8. The molecule has 0 aromatic heterocycles. The second-order valence-electron chi connectivity index (χ2n) is 4.99. The van der Waals surface area contributed by atoms with Gasteiger partial charge in [-0.2, -0.15) is 0 Å². The molecule has 118 valence electrons. The van der Waals surface area contributed by atoms with Gasteiger partial charge in [-0.3, -0.25) is 4.79 Å². The van der Waals surface area contributed by atoms with Crippen LogP contribution in [0.1, 0.15) is 38.8 Å². The maximum absolute atomic E-state index is 11.9. The first-order chi connectivity index (χ1) is 9.70. The second-order valence-corrected chi connectivity index (χ2v) is 6.52. The summed E-state index contributed by atoms with van der Waals surface area (Å²) in [5, 5.41) is 8.03. The summed E-state index contributed by atoms with van der Waals surface area (Å²) in [5.41, 5.74) is 0.650. The van der Waals surface area contributed by atoms with E-state index in [0.717, 1.165) is 6.42 Å². The van der Waals surface area contributed by atoms with Gasteiger partial charge in [0.15, 0.2) is 0 Å². The lowest BCUT2D eigenvalue weighted by Gasteiger charge is -2.18. The summed E-state index contributed by atoms with van der Waals surface area (Å²) in [6.07, 6.45) is 0.740. The molecule has 0 aliphatic heterocycles. The number of hydrogen-bond acceptors (Lipinski definition) is 4. The van der Waals surface area contributed by atoms with Gasteiger partial charge in [0.1, 0.15) is 10.6 Å². The Balaban J connectivity index is 3.07. The van der Waals surface area contributed by atoms with Crippen molar-refractivity contribution in [3.05, 3.63) is 23.8 Å². The largest absolute Gasteiger partial charge is 0.495 e. The summed E-state index contributed by atoms with van der Waals surface area (Å²) in [6, 6.07) is 4.34. The van der Waals surface area contributed by atoms with Gasteiger partial charge >= 0.3 is 0 Å². The first-order valence-electron chi connectivity index (χ1n) is 6.71. The van der Waals surface area contributed by atoms with Gasteiger partial charge in [-0.1, -0.05) is 19.9 Å². The minimum atomic E-state index is -3.89.